The molecule has 86 valence electrons. The predicted molar refractivity (Wildman–Crippen MR) is 57.5 cm³/mol. The van der Waals surface area contributed by atoms with Gasteiger partial charge >= 0.3 is 0 Å². The Balaban J connectivity index is 2.34. The Morgan fingerprint density at radius 3 is 2.50 bits per heavy atom. The van der Waals surface area contributed by atoms with Crippen LogP contribution in [0.1, 0.15) is 5.56 Å². The first-order chi connectivity index (χ1) is 7.71. The first kappa shape index (κ1) is 10.9. The van der Waals surface area contributed by atoms with Crippen molar-refractivity contribution in [1.82, 2.24) is 0 Å². The molecule has 1 aliphatic heterocycles. The number of ether oxygens (including phenoxy) is 1. The van der Waals surface area contributed by atoms with Gasteiger partial charge in [0.2, 0.25) is 5.90 Å². The molecule has 0 saturated carbocycles. The largest absolute Gasteiger partial charge is 0.507 e. The van der Waals surface area contributed by atoms with Gasteiger partial charge in [0.25, 0.3) is 0 Å². The van der Waals surface area contributed by atoms with E-state index < -0.39 is 5.54 Å². The molecule has 0 radical (unpaired) electrons. The zero-order valence-corrected chi connectivity index (χ0v) is 8.63. The SMILES string of the molecule is OCC1(CO)COC(c2ccccc2O)=N1. The molecule has 3 N–H and O–H groups in total. The van der Waals surface area contributed by atoms with Gasteiger partial charge in [-0.25, -0.2) is 4.99 Å². The summed E-state index contributed by atoms with van der Waals surface area (Å²) in [7, 11) is 0. The van der Waals surface area contributed by atoms with Crippen LogP contribution in [-0.2, 0) is 4.74 Å². The zero-order chi connectivity index (χ0) is 11.6. The monoisotopic (exact) mass is 223 g/mol. The summed E-state index contributed by atoms with van der Waals surface area (Å²) >= 11 is 0. The van der Waals surface area contributed by atoms with E-state index in [1.807, 2.05) is 0 Å². The molecule has 0 bridgehead atoms. The zero-order valence-electron chi connectivity index (χ0n) is 8.63. The van der Waals surface area contributed by atoms with Crippen LogP contribution in [0, 0.1) is 0 Å². The predicted octanol–water partition coefficient (Wildman–Crippen LogP) is -0.108. The summed E-state index contributed by atoms with van der Waals surface area (Å²) in [5, 5.41) is 27.9. The summed E-state index contributed by atoms with van der Waals surface area (Å²) < 4.78 is 5.29. The lowest BCUT2D eigenvalue weighted by Gasteiger charge is -2.16. The molecule has 16 heavy (non-hydrogen) atoms. The minimum atomic E-state index is -0.988. The average Bonchev–Trinajstić information content (AvgIpc) is 2.75. The highest BCUT2D eigenvalue weighted by atomic mass is 16.5. The molecule has 0 atom stereocenters. The summed E-state index contributed by atoms with van der Waals surface area (Å²) in [6.07, 6.45) is 0. The van der Waals surface area contributed by atoms with Crippen molar-refractivity contribution in [2.24, 2.45) is 4.99 Å². The van der Waals surface area contributed by atoms with E-state index in [1.54, 1.807) is 18.2 Å². The molecule has 1 heterocycles. The van der Waals surface area contributed by atoms with Crippen LogP contribution in [0.25, 0.3) is 0 Å². The van der Waals surface area contributed by atoms with Crippen LogP contribution in [0.2, 0.25) is 0 Å². The highest BCUT2D eigenvalue weighted by molar-refractivity contribution is 5.97. The smallest absolute Gasteiger partial charge is 0.220 e. The minimum absolute atomic E-state index is 0.0629. The normalized spacial score (nSPS) is 18.0. The van der Waals surface area contributed by atoms with Gasteiger partial charge < -0.3 is 20.1 Å². The van der Waals surface area contributed by atoms with Crippen LogP contribution < -0.4 is 0 Å². The number of aliphatic hydroxyl groups excluding tert-OH is 2. The van der Waals surface area contributed by atoms with E-state index in [0.29, 0.717) is 5.56 Å². The number of phenolic OH excluding ortho intramolecular Hbond substituents is 1. The molecule has 0 saturated heterocycles. The first-order valence-electron chi connectivity index (χ1n) is 4.93. The Morgan fingerprint density at radius 1 is 1.25 bits per heavy atom. The van der Waals surface area contributed by atoms with Gasteiger partial charge in [0.15, 0.2) is 0 Å². The second kappa shape index (κ2) is 4.11. The summed E-state index contributed by atoms with van der Waals surface area (Å²) in [5.74, 6) is 0.314. The van der Waals surface area contributed by atoms with Crippen LogP contribution in [0.4, 0.5) is 0 Å². The van der Waals surface area contributed by atoms with Crippen LogP contribution in [0.15, 0.2) is 29.3 Å². The molecule has 0 fully saturated rings. The van der Waals surface area contributed by atoms with E-state index in [0.717, 1.165) is 0 Å². The maximum atomic E-state index is 9.60. The molecular formula is C11H13NO4. The lowest BCUT2D eigenvalue weighted by Crippen LogP contribution is -2.37. The third kappa shape index (κ3) is 1.75. The van der Waals surface area contributed by atoms with Crippen molar-refractivity contribution in [3.8, 4) is 5.75 Å². The van der Waals surface area contributed by atoms with Crippen molar-refractivity contribution in [3.63, 3.8) is 0 Å². The number of hydrogen-bond acceptors (Lipinski definition) is 5. The Hall–Kier alpha value is -1.59. The average molecular weight is 223 g/mol. The maximum absolute atomic E-state index is 9.60. The second-order valence-electron chi connectivity index (χ2n) is 3.76. The molecule has 0 unspecified atom stereocenters. The van der Waals surface area contributed by atoms with E-state index in [-0.39, 0.29) is 31.5 Å². The van der Waals surface area contributed by atoms with Crippen molar-refractivity contribution < 1.29 is 20.1 Å². The molecular weight excluding hydrogens is 210 g/mol. The van der Waals surface area contributed by atoms with Gasteiger partial charge in [-0.3, -0.25) is 0 Å². The number of aliphatic hydroxyl groups is 2. The number of rotatable bonds is 3. The fraction of sp³-hybridized carbons (Fsp3) is 0.364. The van der Waals surface area contributed by atoms with Gasteiger partial charge in [0.05, 0.1) is 18.8 Å². The van der Waals surface area contributed by atoms with E-state index in [1.165, 1.54) is 6.07 Å². The molecule has 2 rings (SSSR count). The van der Waals surface area contributed by atoms with Crippen molar-refractivity contribution in [2.75, 3.05) is 19.8 Å². The van der Waals surface area contributed by atoms with Gasteiger partial charge in [-0.15, -0.1) is 0 Å². The topological polar surface area (TPSA) is 82.3 Å². The number of nitrogens with zero attached hydrogens (tertiary/aromatic N) is 1. The fourth-order valence-electron chi connectivity index (χ4n) is 1.49. The highest BCUT2D eigenvalue weighted by Gasteiger charge is 2.36. The number of benzene rings is 1. The molecule has 0 aliphatic carbocycles. The van der Waals surface area contributed by atoms with E-state index in [4.69, 9.17) is 14.9 Å². The third-order valence-corrected chi connectivity index (χ3v) is 2.54. The van der Waals surface area contributed by atoms with Crippen LogP contribution in [-0.4, -0.2) is 46.6 Å². The molecule has 1 aliphatic rings. The standard InChI is InChI=1S/C11H13NO4/c13-5-11(6-14)7-16-10(12-11)8-3-1-2-4-9(8)15/h1-4,13-15H,5-7H2. The Labute approximate surface area is 92.6 Å². The first-order valence-corrected chi connectivity index (χ1v) is 4.93. The molecule has 0 spiro atoms. The fourth-order valence-corrected chi connectivity index (χ4v) is 1.49. The Kier molecular flexibility index (Phi) is 2.80. The van der Waals surface area contributed by atoms with Gasteiger partial charge in [0, 0.05) is 0 Å². The second-order valence-corrected chi connectivity index (χ2v) is 3.76. The van der Waals surface area contributed by atoms with Crippen molar-refractivity contribution in [1.29, 1.82) is 0 Å². The lowest BCUT2D eigenvalue weighted by atomic mass is 10.1. The van der Waals surface area contributed by atoms with Crippen LogP contribution >= 0.6 is 0 Å². The highest BCUT2D eigenvalue weighted by Crippen LogP contribution is 2.25. The quantitative estimate of drug-likeness (QED) is 0.668. The lowest BCUT2D eigenvalue weighted by molar-refractivity contribution is 0.0977. The van der Waals surface area contributed by atoms with Crippen molar-refractivity contribution in [3.05, 3.63) is 29.8 Å². The van der Waals surface area contributed by atoms with E-state index in [9.17, 15) is 5.11 Å². The maximum Gasteiger partial charge on any atom is 0.220 e. The molecule has 0 amide bonds. The third-order valence-electron chi connectivity index (χ3n) is 2.54. The number of aliphatic imine (C=N–C) groups is 1. The Bertz CT molecular complexity index is 412. The van der Waals surface area contributed by atoms with Crippen LogP contribution in [0.3, 0.4) is 0 Å². The summed E-state index contributed by atoms with van der Waals surface area (Å²) in [6, 6.07) is 6.64. The van der Waals surface area contributed by atoms with Gasteiger partial charge in [0.1, 0.15) is 17.9 Å². The van der Waals surface area contributed by atoms with Gasteiger partial charge in [-0.2, -0.15) is 0 Å². The van der Waals surface area contributed by atoms with Gasteiger partial charge in [-0.1, -0.05) is 12.1 Å². The summed E-state index contributed by atoms with van der Waals surface area (Å²) in [4.78, 5) is 4.12. The molecule has 1 aromatic rings. The number of phenols is 1. The van der Waals surface area contributed by atoms with E-state index >= 15 is 0 Å². The Morgan fingerprint density at radius 2 is 1.94 bits per heavy atom. The summed E-state index contributed by atoms with van der Waals surface area (Å²) in [5.41, 5.74) is -0.524. The molecule has 5 nitrogen and oxygen atoms in total. The van der Waals surface area contributed by atoms with Crippen molar-refractivity contribution >= 4 is 5.90 Å². The van der Waals surface area contributed by atoms with Gasteiger partial charge in [-0.05, 0) is 12.1 Å². The molecule has 0 aromatic heterocycles. The molecule has 1 aromatic carbocycles. The van der Waals surface area contributed by atoms with E-state index in [2.05, 4.69) is 4.99 Å². The minimum Gasteiger partial charge on any atom is -0.507 e. The molecule has 5 heteroatoms. The number of para-hydroxylation sites is 1. The number of hydrogen-bond donors (Lipinski definition) is 3. The number of aromatic hydroxyl groups is 1. The van der Waals surface area contributed by atoms with Crippen molar-refractivity contribution in [2.45, 2.75) is 5.54 Å². The van der Waals surface area contributed by atoms with Crippen LogP contribution in [0.5, 0.6) is 5.75 Å². The summed E-state index contributed by atoms with van der Waals surface area (Å²) in [6.45, 7) is -0.467.